The van der Waals surface area contributed by atoms with Crippen LogP contribution in [0.25, 0.3) is 0 Å². The van der Waals surface area contributed by atoms with Gasteiger partial charge in [0.15, 0.2) is 0 Å². The van der Waals surface area contributed by atoms with Crippen molar-refractivity contribution in [1.29, 1.82) is 0 Å². The molecule has 0 radical (unpaired) electrons. The van der Waals surface area contributed by atoms with Crippen LogP contribution in [0.4, 0.5) is 0 Å². The number of hydrogen-bond acceptors (Lipinski definition) is 3. The second-order valence-electron chi connectivity index (χ2n) is 3.65. The summed E-state index contributed by atoms with van der Waals surface area (Å²) in [4.78, 5) is 5.98. The predicted octanol–water partition coefficient (Wildman–Crippen LogP) is 3.73. The van der Waals surface area contributed by atoms with E-state index >= 15 is 0 Å². The molecule has 0 N–H and O–H groups in total. The molecule has 0 spiro atoms. The van der Waals surface area contributed by atoms with E-state index in [0.29, 0.717) is 0 Å². The molecule has 0 bridgehead atoms. The highest BCUT2D eigenvalue weighted by molar-refractivity contribution is 7.79. The van der Waals surface area contributed by atoms with Gasteiger partial charge in [0.2, 0.25) is 0 Å². The standard InChI is InChI=1S/C13H15NS2/c1-2-11-12(9-15)16-13(14-11)8-10-6-4-3-5-7-10/h3-7,15H,2,8-9H2,1H3. The predicted molar refractivity (Wildman–Crippen MR) is 73.4 cm³/mol. The molecule has 0 saturated heterocycles. The molecule has 16 heavy (non-hydrogen) atoms. The summed E-state index contributed by atoms with van der Waals surface area (Å²) in [5.41, 5.74) is 2.54. The number of thiazole rings is 1. The van der Waals surface area contributed by atoms with Gasteiger partial charge in [-0.1, -0.05) is 37.3 Å². The van der Waals surface area contributed by atoms with Gasteiger partial charge >= 0.3 is 0 Å². The van der Waals surface area contributed by atoms with Gasteiger partial charge in [0.25, 0.3) is 0 Å². The van der Waals surface area contributed by atoms with Crippen molar-refractivity contribution in [3.63, 3.8) is 0 Å². The van der Waals surface area contributed by atoms with E-state index in [1.807, 2.05) is 6.07 Å². The molecule has 1 aromatic carbocycles. The normalized spacial score (nSPS) is 10.6. The molecular formula is C13H15NS2. The van der Waals surface area contributed by atoms with Crippen LogP contribution in [0.1, 0.15) is 28.1 Å². The zero-order chi connectivity index (χ0) is 11.4. The van der Waals surface area contributed by atoms with Crippen molar-refractivity contribution >= 4 is 24.0 Å². The number of rotatable bonds is 4. The third-order valence-corrected chi connectivity index (χ3v) is 4.13. The molecule has 1 heterocycles. The van der Waals surface area contributed by atoms with Gasteiger partial charge in [-0.3, -0.25) is 0 Å². The minimum absolute atomic E-state index is 0.801. The average Bonchev–Trinajstić information content (AvgIpc) is 2.72. The third kappa shape index (κ3) is 2.66. The Morgan fingerprint density at radius 1 is 1.25 bits per heavy atom. The van der Waals surface area contributed by atoms with E-state index < -0.39 is 0 Å². The van der Waals surface area contributed by atoms with E-state index in [2.05, 4.69) is 48.8 Å². The lowest BCUT2D eigenvalue weighted by Gasteiger charge is -1.95. The van der Waals surface area contributed by atoms with Crippen LogP contribution >= 0.6 is 24.0 Å². The maximum absolute atomic E-state index is 4.66. The molecule has 1 nitrogen and oxygen atoms in total. The number of aromatic nitrogens is 1. The number of hydrogen-bond donors (Lipinski definition) is 1. The van der Waals surface area contributed by atoms with Gasteiger partial charge in [0.05, 0.1) is 10.7 Å². The van der Waals surface area contributed by atoms with E-state index in [-0.39, 0.29) is 0 Å². The van der Waals surface area contributed by atoms with Crippen molar-refractivity contribution in [1.82, 2.24) is 4.98 Å². The Hall–Kier alpha value is -0.800. The second-order valence-corrected chi connectivity index (χ2v) is 5.14. The summed E-state index contributed by atoms with van der Waals surface area (Å²) >= 11 is 6.14. The fraction of sp³-hybridized carbons (Fsp3) is 0.308. The molecule has 0 saturated carbocycles. The van der Waals surface area contributed by atoms with E-state index in [1.54, 1.807) is 11.3 Å². The SMILES string of the molecule is CCc1nc(Cc2ccccc2)sc1CS. The van der Waals surface area contributed by atoms with Crippen molar-refractivity contribution in [2.45, 2.75) is 25.5 Å². The minimum atomic E-state index is 0.801. The summed E-state index contributed by atoms with van der Waals surface area (Å²) in [6.45, 7) is 2.15. The topological polar surface area (TPSA) is 12.9 Å². The Bertz CT molecular complexity index is 427. The summed E-state index contributed by atoms with van der Waals surface area (Å²) in [6, 6.07) is 10.5. The van der Waals surface area contributed by atoms with Crippen LogP contribution in [0.3, 0.4) is 0 Å². The van der Waals surface area contributed by atoms with Crippen LogP contribution in [0.15, 0.2) is 30.3 Å². The molecule has 1 aromatic heterocycles. The van der Waals surface area contributed by atoms with Crippen molar-refractivity contribution < 1.29 is 0 Å². The van der Waals surface area contributed by atoms with Crippen molar-refractivity contribution in [3.8, 4) is 0 Å². The van der Waals surface area contributed by atoms with E-state index in [9.17, 15) is 0 Å². The third-order valence-electron chi connectivity index (χ3n) is 2.50. The minimum Gasteiger partial charge on any atom is -0.246 e. The van der Waals surface area contributed by atoms with Crippen molar-refractivity contribution in [3.05, 3.63) is 51.5 Å². The molecule has 0 aliphatic carbocycles. The Balaban J connectivity index is 2.19. The molecule has 0 aliphatic rings. The van der Waals surface area contributed by atoms with Crippen LogP contribution in [0, 0.1) is 0 Å². The number of thiol groups is 1. The molecule has 84 valence electrons. The molecule has 0 fully saturated rings. The van der Waals surface area contributed by atoms with E-state index in [0.717, 1.165) is 18.6 Å². The lowest BCUT2D eigenvalue weighted by molar-refractivity contribution is 1.00. The molecule has 0 unspecified atom stereocenters. The molecule has 2 aromatic rings. The maximum atomic E-state index is 4.66. The van der Waals surface area contributed by atoms with Crippen LogP contribution in [0.5, 0.6) is 0 Å². The van der Waals surface area contributed by atoms with Crippen molar-refractivity contribution in [2.24, 2.45) is 0 Å². The molecule has 0 aliphatic heterocycles. The van der Waals surface area contributed by atoms with E-state index in [4.69, 9.17) is 0 Å². The summed E-state index contributed by atoms with van der Waals surface area (Å²) < 4.78 is 0. The van der Waals surface area contributed by atoms with Gasteiger partial charge in [-0.2, -0.15) is 12.6 Å². The second kappa shape index (κ2) is 5.51. The summed E-state index contributed by atoms with van der Waals surface area (Å²) in [5, 5.41) is 1.20. The van der Waals surface area contributed by atoms with Gasteiger partial charge in [-0.25, -0.2) is 4.98 Å². The van der Waals surface area contributed by atoms with Gasteiger partial charge < -0.3 is 0 Å². The quantitative estimate of drug-likeness (QED) is 0.815. The summed E-state index contributed by atoms with van der Waals surface area (Å²) in [5.74, 6) is 0.801. The summed E-state index contributed by atoms with van der Waals surface area (Å²) in [7, 11) is 0. The first-order valence-corrected chi connectivity index (χ1v) is 6.90. The highest BCUT2D eigenvalue weighted by Gasteiger charge is 2.08. The first-order chi connectivity index (χ1) is 7.83. The molecule has 0 atom stereocenters. The van der Waals surface area contributed by atoms with Crippen LogP contribution < -0.4 is 0 Å². The lowest BCUT2D eigenvalue weighted by Crippen LogP contribution is -1.88. The Kier molecular flexibility index (Phi) is 4.02. The fourth-order valence-electron chi connectivity index (χ4n) is 1.68. The Morgan fingerprint density at radius 3 is 2.56 bits per heavy atom. The molecule has 3 heteroatoms. The van der Waals surface area contributed by atoms with Gasteiger partial charge in [-0.05, 0) is 12.0 Å². The highest BCUT2D eigenvalue weighted by Crippen LogP contribution is 2.23. The molecular weight excluding hydrogens is 234 g/mol. The molecule has 2 rings (SSSR count). The summed E-state index contributed by atoms with van der Waals surface area (Å²) in [6.07, 6.45) is 1.94. The maximum Gasteiger partial charge on any atom is 0.0975 e. The van der Waals surface area contributed by atoms with Crippen LogP contribution in [0.2, 0.25) is 0 Å². The van der Waals surface area contributed by atoms with Gasteiger partial charge in [0, 0.05) is 17.1 Å². The van der Waals surface area contributed by atoms with E-state index in [1.165, 1.54) is 21.1 Å². The van der Waals surface area contributed by atoms with Crippen LogP contribution in [-0.4, -0.2) is 4.98 Å². The zero-order valence-corrected chi connectivity index (χ0v) is 11.0. The Labute approximate surface area is 106 Å². The Morgan fingerprint density at radius 2 is 2.00 bits per heavy atom. The van der Waals surface area contributed by atoms with Gasteiger partial charge in [0.1, 0.15) is 0 Å². The first-order valence-electron chi connectivity index (χ1n) is 5.45. The zero-order valence-electron chi connectivity index (χ0n) is 9.31. The number of aryl methyl sites for hydroxylation is 1. The molecule has 0 amide bonds. The average molecular weight is 249 g/mol. The largest absolute Gasteiger partial charge is 0.246 e. The lowest BCUT2D eigenvalue weighted by atomic mass is 10.2. The fourth-order valence-corrected chi connectivity index (χ4v) is 3.11. The smallest absolute Gasteiger partial charge is 0.0975 e. The number of benzene rings is 1. The van der Waals surface area contributed by atoms with Crippen LogP contribution in [-0.2, 0) is 18.6 Å². The van der Waals surface area contributed by atoms with Crippen molar-refractivity contribution in [2.75, 3.05) is 0 Å². The monoisotopic (exact) mass is 249 g/mol. The first kappa shape index (κ1) is 11.7. The highest BCUT2D eigenvalue weighted by atomic mass is 32.1. The van der Waals surface area contributed by atoms with Gasteiger partial charge in [-0.15, -0.1) is 11.3 Å². The number of nitrogens with zero attached hydrogens (tertiary/aromatic N) is 1.